The summed E-state index contributed by atoms with van der Waals surface area (Å²) >= 11 is 0. The zero-order valence-corrected chi connectivity index (χ0v) is 13.3. The zero-order chi connectivity index (χ0) is 13.9. The van der Waals surface area contributed by atoms with Gasteiger partial charge in [0.2, 0.25) is 0 Å². The van der Waals surface area contributed by atoms with Gasteiger partial charge in [0.1, 0.15) is 0 Å². The Morgan fingerprint density at radius 2 is 2.00 bits per heavy atom. The number of rotatable bonds is 4. The van der Waals surface area contributed by atoms with Crippen LogP contribution in [0.15, 0.2) is 0 Å². The average molecular weight is 266 g/mol. The molecular formula is C17H34N2. The van der Waals surface area contributed by atoms with Crippen LogP contribution in [0.1, 0.15) is 72.1 Å². The first-order valence-electron chi connectivity index (χ1n) is 8.58. The minimum Gasteiger partial charge on any atom is -0.329 e. The molecule has 4 unspecified atom stereocenters. The molecule has 0 amide bonds. The molecule has 0 aromatic carbocycles. The van der Waals surface area contributed by atoms with Gasteiger partial charge in [-0.2, -0.15) is 0 Å². The molecule has 2 fully saturated rings. The third-order valence-corrected chi connectivity index (χ3v) is 5.74. The van der Waals surface area contributed by atoms with E-state index in [9.17, 15) is 0 Å². The summed E-state index contributed by atoms with van der Waals surface area (Å²) < 4.78 is 0. The first-order valence-corrected chi connectivity index (χ1v) is 8.58. The summed E-state index contributed by atoms with van der Waals surface area (Å²) in [6.45, 7) is 9.28. The minimum atomic E-state index is 0.326. The van der Waals surface area contributed by atoms with Crippen LogP contribution in [-0.4, -0.2) is 29.6 Å². The van der Waals surface area contributed by atoms with Crippen LogP contribution in [0.3, 0.4) is 0 Å². The Kier molecular flexibility index (Phi) is 5.30. The molecule has 1 saturated heterocycles. The topological polar surface area (TPSA) is 29.3 Å². The van der Waals surface area contributed by atoms with E-state index in [0.717, 1.165) is 24.4 Å². The predicted octanol–water partition coefficient (Wildman–Crippen LogP) is 3.79. The summed E-state index contributed by atoms with van der Waals surface area (Å²) in [5.41, 5.74) is 6.60. The summed E-state index contributed by atoms with van der Waals surface area (Å²) in [4.78, 5) is 2.78. The van der Waals surface area contributed by atoms with Gasteiger partial charge in [-0.3, -0.25) is 4.90 Å². The van der Waals surface area contributed by atoms with Crippen molar-refractivity contribution in [3.63, 3.8) is 0 Å². The monoisotopic (exact) mass is 266 g/mol. The SMILES string of the molecule is CCCC1CCCC(CN)(N2CC(C)CC2C)CC1. The van der Waals surface area contributed by atoms with Crippen molar-refractivity contribution in [2.45, 2.75) is 83.7 Å². The van der Waals surface area contributed by atoms with E-state index in [1.54, 1.807) is 0 Å². The molecule has 0 aromatic rings. The summed E-state index contributed by atoms with van der Waals surface area (Å²) in [6, 6.07) is 0.737. The number of hydrogen-bond donors (Lipinski definition) is 1. The first-order chi connectivity index (χ1) is 9.11. The van der Waals surface area contributed by atoms with Crippen molar-refractivity contribution in [2.75, 3.05) is 13.1 Å². The van der Waals surface area contributed by atoms with E-state index in [4.69, 9.17) is 5.73 Å². The van der Waals surface area contributed by atoms with Crippen LogP contribution < -0.4 is 5.73 Å². The summed E-state index contributed by atoms with van der Waals surface area (Å²) in [5.74, 6) is 1.82. The molecule has 2 nitrogen and oxygen atoms in total. The second-order valence-electron chi connectivity index (χ2n) is 7.36. The van der Waals surface area contributed by atoms with Crippen molar-refractivity contribution in [3.05, 3.63) is 0 Å². The van der Waals surface area contributed by atoms with Crippen molar-refractivity contribution < 1.29 is 0 Å². The van der Waals surface area contributed by atoms with Gasteiger partial charge < -0.3 is 5.73 Å². The van der Waals surface area contributed by atoms with Gasteiger partial charge in [-0.25, -0.2) is 0 Å². The Morgan fingerprint density at radius 3 is 2.58 bits per heavy atom. The lowest BCUT2D eigenvalue weighted by Crippen LogP contribution is -2.55. The number of nitrogens with zero attached hydrogens (tertiary/aromatic N) is 1. The highest BCUT2D eigenvalue weighted by Gasteiger charge is 2.42. The summed E-state index contributed by atoms with van der Waals surface area (Å²) in [7, 11) is 0. The van der Waals surface area contributed by atoms with Gasteiger partial charge in [0.25, 0.3) is 0 Å². The quantitative estimate of drug-likeness (QED) is 0.784. The molecule has 2 rings (SSSR count). The predicted molar refractivity (Wildman–Crippen MR) is 83.2 cm³/mol. The van der Waals surface area contributed by atoms with Crippen LogP contribution >= 0.6 is 0 Å². The van der Waals surface area contributed by atoms with E-state index < -0.39 is 0 Å². The molecule has 1 heterocycles. The Balaban J connectivity index is 2.05. The Morgan fingerprint density at radius 1 is 1.21 bits per heavy atom. The van der Waals surface area contributed by atoms with Gasteiger partial charge in [0, 0.05) is 24.7 Å². The zero-order valence-electron chi connectivity index (χ0n) is 13.3. The standard InChI is InChI=1S/C17H34N2/c1-4-6-16-7-5-9-17(13-18,10-8-16)19-12-14(2)11-15(19)3/h14-16H,4-13,18H2,1-3H3. The number of likely N-dealkylation sites (tertiary alicyclic amines) is 1. The van der Waals surface area contributed by atoms with Crippen molar-refractivity contribution in [3.8, 4) is 0 Å². The van der Waals surface area contributed by atoms with E-state index in [2.05, 4.69) is 25.7 Å². The Hall–Kier alpha value is -0.0800. The normalized spacial score (nSPS) is 41.4. The van der Waals surface area contributed by atoms with E-state index in [1.807, 2.05) is 0 Å². The Labute approximate surface area is 120 Å². The van der Waals surface area contributed by atoms with E-state index in [1.165, 1.54) is 57.9 Å². The first kappa shape index (κ1) is 15.3. The maximum Gasteiger partial charge on any atom is 0.0334 e. The van der Waals surface area contributed by atoms with Gasteiger partial charge in [-0.05, 0) is 44.4 Å². The number of hydrogen-bond acceptors (Lipinski definition) is 2. The van der Waals surface area contributed by atoms with Gasteiger partial charge in [0.05, 0.1) is 0 Å². The highest BCUT2D eigenvalue weighted by Crippen LogP contribution is 2.40. The van der Waals surface area contributed by atoms with E-state index >= 15 is 0 Å². The fraction of sp³-hybridized carbons (Fsp3) is 1.00. The van der Waals surface area contributed by atoms with Crippen LogP contribution in [0.2, 0.25) is 0 Å². The highest BCUT2D eigenvalue weighted by atomic mass is 15.3. The van der Waals surface area contributed by atoms with Gasteiger partial charge in [0.15, 0.2) is 0 Å². The maximum atomic E-state index is 6.27. The van der Waals surface area contributed by atoms with E-state index in [-0.39, 0.29) is 0 Å². The fourth-order valence-corrected chi connectivity index (χ4v) is 4.73. The summed E-state index contributed by atoms with van der Waals surface area (Å²) in [6.07, 6.45) is 11.0. The molecule has 1 aliphatic carbocycles. The molecule has 4 atom stereocenters. The molecular weight excluding hydrogens is 232 g/mol. The lowest BCUT2D eigenvalue weighted by atomic mass is 9.86. The molecule has 0 spiro atoms. The third-order valence-electron chi connectivity index (χ3n) is 5.74. The van der Waals surface area contributed by atoms with Crippen molar-refractivity contribution in [1.29, 1.82) is 0 Å². The summed E-state index contributed by atoms with van der Waals surface area (Å²) in [5, 5.41) is 0. The van der Waals surface area contributed by atoms with Crippen LogP contribution in [0.5, 0.6) is 0 Å². The molecule has 19 heavy (non-hydrogen) atoms. The van der Waals surface area contributed by atoms with Gasteiger partial charge in [-0.1, -0.05) is 39.5 Å². The highest BCUT2D eigenvalue weighted by molar-refractivity contribution is 4.99. The van der Waals surface area contributed by atoms with Gasteiger partial charge >= 0.3 is 0 Å². The fourth-order valence-electron chi connectivity index (χ4n) is 4.73. The molecule has 2 N–H and O–H groups in total. The molecule has 0 bridgehead atoms. The lowest BCUT2D eigenvalue weighted by Gasteiger charge is -2.43. The molecule has 2 aliphatic rings. The number of nitrogens with two attached hydrogens (primary N) is 1. The van der Waals surface area contributed by atoms with Crippen LogP contribution in [-0.2, 0) is 0 Å². The molecule has 112 valence electrons. The molecule has 0 aromatic heterocycles. The average Bonchev–Trinajstić information content (AvgIpc) is 2.62. The van der Waals surface area contributed by atoms with Crippen LogP contribution in [0.4, 0.5) is 0 Å². The smallest absolute Gasteiger partial charge is 0.0334 e. The Bertz CT molecular complexity index is 278. The lowest BCUT2D eigenvalue weighted by molar-refractivity contribution is 0.0684. The van der Waals surface area contributed by atoms with E-state index in [0.29, 0.717) is 5.54 Å². The van der Waals surface area contributed by atoms with Crippen molar-refractivity contribution in [2.24, 2.45) is 17.6 Å². The van der Waals surface area contributed by atoms with Gasteiger partial charge in [-0.15, -0.1) is 0 Å². The van der Waals surface area contributed by atoms with Crippen LogP contribution in [0.25, 0.3) is 0 Å². The second-order valence-corrected chi connectivity index (χ2v) is 7.36. The molecule has 1 aliphatic heterocycles. The third kappa shape index (κ3) is 3.33. The maximum absolute atomic E-state index is 6.27. The largest absolute Gasteiger partial charge is 0.329 e. The minimum absolute atomic E-state index is 0.326. The van der Waals surface area contributed by atoms with Crippen molar-refractivity contribution in [1.82, 2.24) is 4.90 Å². The second kappa shape index (κ2) is 6.58. The molecule has 2 heteroatoms. The van der Waals surface area contributed by atoms with Crippen molar-refractivity contribution >= 4 is 0 Å². The van der Waals surface area contributed by atoms with Crippen LogP contribution in [0, 0.1) is 11.8 Å². The molecule has 0 radical (unpaired) electrons. The molecule has 1 saturated carbocycles.